The molecule has 0 fully saturated rings. The molecule has 1 aromatic rings. The molecule has 8 heteroatoms. The maximum absolute atomic E-state index is 12.3. The smallest absolute Gasteiger partial charge is 0.390 e. The fourth-order valence-electron chi connectivity index (χ4n) is 1.12. The minimum absolute atomic E-state index is 0.0222. The number of halogens is 4. The normalized spacial score (nSPS) is 12.9. The number of aliphatic hydroxyl groups is 1. The number of nitrogens with one attached hydrogen (secondary N) is 1. The van der Waals surface area contributed by atoms with E-state index in [-0.39, 0.29) is 23.8 Å². The first kappa shape index (κ1) is 14.5. The Kier molecular flexibility index (Phi) is 4.76. The van der Waals surface area contributed by atoms with E-state index in [0.29, 0.717) is 6.20 Å². The Morgan fingerprint density at radius 3 is 2.72 bits per heavy atom. The Morgan fingerprint density at radius 2 is 2.22 bits per heavy atom. The van der Waals surface area contributed by atoms with Gasteiger partial charge in [-0.3, -0.25) is 0 Å². The fraction of sp³-hybridized carbons (Fsp3) is 0.400. The molecule has 18 heavy (non-hydrogen) atoms. The first-order valence-corrected chi connectivity index (χ1v) is 5.24. The molecule has 1 heterocycles. The van der Waals surface area contributed by atoms with Crippen LogP contribution in [0.5, 0.6) is 0 Å². The Labute approximate surface area is 106 Å². The lowest BCUT2D eigenvalue weighted by Crippen LogP contribution is -2.19. The van der Waals surface area contributed by atoms with E-state index >= 15 is 0 Å². The molecule has 4 nitrogen and oxygen atoms in total. The Balaban J connectivity index is 2.72. The highest BCUT2D eigenvalue weighted by Gasteiger charge is 2.31. The van der Waals surface area contributed by atoms with E-state index in [1.165, 1.54) is 0 Å². The molecule has 0 aromatic carbocycles. The van der Waals surface area contributed by atoms with E-state index in [4.69, 9.17) is 16.9 Å². The van der Waals surface area contributed by atoms with Crippen molar-refractivity contribution in [1.29, 1.82) is 5.26 Å². The van der Waals surface area contributed by atoms with E-state index in [1.807, 2.05) is 0 Å². The van der Waals surface area contributed by atoms with Crippen molar-refractivity contribution in [3.63, 3.8) is 0 Å². The predicted octanol–water partition coefficient (Wildman–Crippen LogP) is 2.44. The summed E-state index contributed by atoms with van der Waals surface area (Å²) in [6.45, 7) is -0.0222. The monoisotopic (exact) mass is 279 g/mol. The molecule has 0 aliphatic heterocycles. The zero-order valence-corrected chi connectivity index (χ0v) is 9.76. The van der Waals surface area contributed by atoms with Crippen molar-refractivity contribution in [3.8, 4) is 6.07 Å². The molecule has 0 amide bonds. The lowest BCUT2D eigenvalue weighted by Gasteiger charge is -2.12. The first-order valence-electron chi connectivity index (χ1n) is 4.86. The van der Waals surface area contributed by atoms with Gasteiger partial charge in [0.15, 0.2) is 0 Å². The number of pyridine rings is 1. The van der Waals surface area contributed by atoms with Crippen LogP contribution in [0.1, 0.15) is 12.0 Å². The maximum Gasteiger partial charge on any atom is 0.417 e. The molecule has 0 aliphatic rings. The summed E-state index contributed by atoms with van der Waals surface area (Å²) in [5.41, 5.74) is -0.948. The third-order valence-corrected chi connectivity index (χ3v) is 2.29. The molecule has 0 aliphatic carbocycles. The maximum atomic E-state index is 12.3. The van der Waals surface area contributed by atoms with Crippen molar-refractivity contribution in [2.24, 2.45) is 0 Å². The number of hydrogen-bond donors (Lipinski definition) is 2. The van der Waals surface area contributed by atoms with E-state index in [2.05, 4.69) is 10.3 Å². The van der Waals surface area contributed by atoms with Crippen molar-refractivity contribution in [3.05, 3.63) is 22.8 Å². The van der Waals surface area contributed by atoms with Crippen LogP contribution < -0.4 is 5.32 Å². The molecule has 1 rings (SSSR count). The highest BCUT2D eigenvalue weighted by molar-refractivity contribution is 6.32. The van der Waals surface area contributed by atoms with Crippen LogP contribution in [0.2, 0.25) is 5.02 Å². The molecule has 1 aromatic heterocycles. The molecule has 2 N–H and O–H groups in total. The summed E-state index contributed by atoms with van der Waals surface area (Å²) in [6, 6.07) is 2.50. The van der Waals surface area contributed by atoms with Crippen LogP contribution in [0, 0.1) is 11.3 Å². The molecule has 0 saturated heterocycles. The molecule has 1 atom stereocenters. The zero-order chi connectivity index (χ0) is 13.8. The summed E-state index contributed by atoms with van der Waals surface area (Å²) in [6.07, 6.45) is -4.89. The fourth-order valence-corrected chi connectivity index (χ4v) is 1.35. The average Bonchev–Trinajstić information content (AvgIpc) is 2.26. The van der Waals surface area contributed by atoms with Crippen molar-refractivity contribution >= 4 is 17.4 Å². The molecule has 0 unspecified atom stereocenters. The number of nitrogens with zero attached hydrogens (tertiary/aromatic N) is 2. The Morgan fingerprint density at radius 1 is 1.56 bits per heavy atom. The molecule has 0 spiro atoms. The van der Waals surface area contributed by atoms with Gasteiger partial charge < -0.3 is 10.4 Å². The van der Waals surface area contributed by atoms with Crippen molar-refractivity contribution in [2.45, 2.75) is 18.7 Å². The molecule has 0 saturated carbocycles. The molecule has 0 bridgehead atoms. The number of aliphatic hydroxyl groups excluding tert-OH is 1. The number of anilines is 1. The SMILES string of the molecule is N#CC[C@@H](O)CNc1ncc(C(F)(F)F)cc1Cl. The Bertz CT molecular complexity index is 459. The third kappa shape index (κ3) is 4.05. The van der Waals surface area contributed by atoms with E-state index in [9.17, 15) is 18.3 Å². The van der Waals surface area contributed by atoms with Crippen molar-refractivity contribution in [2.75, 3.05) is 11.9 Å². The van der Waals surface area contributed by atoms with E-state index in [1.54, 1.807) is 6.07 Å². The van der Waals surface area contributed by atoms with Gasteiger partial charge in [0.1, 0.15) is 5.82 Å². The van der Waals surface area contributed by atoms with Crippen LogP contribution in [0.3, 0.4) is 0 Å². The van der Waals surface area contributed by atoms with Gasteiger partial charge in [-0.2, -0.15) is 18.4 Å². The van der Waals surface area contributed by atoms with Crippen LogP contribution in [0.4, 0.5) is 19.0 Å². The molecular weight excluding hydrogens is 271 g/mol. The highest BCUT2D eigenvalue weighted by Crippen LogP contribution is 2.32. The third-order valence-electron chi connectivity index (χ3n) is 2.00. The number of nitriles is 1. The van der Waals surface area contributed by atoms with Gasteiger partial charge in [-0.15, -0.1) is 0 Å². The predicted molar refractivity (Wildman–Crippen MR) is 59.0 cm³/mol. The standard InChI is InChI=1S/C10H9ClF3N3O/c11-8-3-6(10(12,13)14)4-16-9(8)17-5-7(18)1-2-15/h3-4,7,18H,1,5H2,(H,16,17)/t7-/m1/s1. The van der Waals surface area contributed by atoms with E-state index in [0.717, 1.165) is 6.07 Å². The van der Waals surface area contributed by atoms with Gasteiger partial charge in [-0.1, -0.05) is 11.6 Å². The lowest BCUT2D eigenvalue weighted by atomic mass is 10.2. The van der Waals surface area contributed by atoms with Crippen LogP contribution in [-0.4, -0.2) is 22.7 Å². The van der Waals surface area contributed by atoms with Crippen molar-refractivity contribution < 1.29 is 18.3 Å². The first-order chi connectivity index (χ1) is 8.34. The minimum Gasteiger partial charge on any atom is -0.390 e. The topological polar surface area (TPSA) is 68.9 Å². The minimum atomic E-state index is -4.50. The number of rotatable bonds is 4. The summed E-state index contributed by atoms with van der Waals surface area (Å²) in [4.78, 5) is 3.52. The van der Waals surface area contributed by atoms with Crippen LogP contribution >= 0.6 is 11.6 Å². The zero-order valence-electron chi connectivity index (χ0n) is 9.00. The summed E-state index contributed by atoms with van der Waals surface area (Å²) in [5, 5.41) is 19.9. The van der Waals surface area contributed by atoms with Gasteiger partial charge in [0.25, 0.3) is 0 Å². The van der Waals surface area contributed by atoms with Crippen LogP contribution in [0.25, 0.3) is 0 Å². The van der Waals surface area contributed by atoms with Gasteiger partial charge in [-0.05, 0) is 6.07 Å². The average molecular weight is 280 g/mol. The summed E-state index contributed by atoms with van der Waals surface area (Å²) >= 11 is 5.62. The van der Waals surface area contributed by atoms with Gasteiger partial charge in [0.05, 0.1) is 29.2 Å². The molecule has 0 radical (unpaired) electrons. The Hall–Kier alpha value is -1.52. The van der Waals surface area contributed by atoms with Gasteiger partial charge in [-0.25, -0.2) is 4.98 Å². The van der Waals surface area contributed by atoms with Gasteiger partial charge >= 0.3 is 6.18 Å². The number of aromatic nitrogens is 1. The quantitative estimate of drug-likeness (QED) is 0.888. The highest BCUT2D eigenvalue weighted by atomic mass is 35.5. The second-order valence-corrected chi connectivity index (χ2v) is 3.86. The van der Waals surface area contributed by atoms with Gasteiger partial charge in [0, 0.05) is 12.7 Å². The van der Waals surface area contributed by atoms with E-state index < -0.39 is 17.8 Å². The second kappa shape index (κ2) is 5.89. The lowest BCUT2D eigenvalue weighted by molar-refractivity contribution is -0.137. The largest absolute Gasteiger partial charge is 0.417 e. The summed E-state index contributed by atoms with van der Waals surface area (Å²) in [5.74, 6) is 0.0293. The van der Waals surface area contributed by atoms with Crippen molar-refractivity contribution in [1.82, 2.24) is 4.98 Å². The van der Waals surface area contributed by atoms with Crippen LogP contribution in [-0.2, 0) is 6.18 Å². The number of alkyl halides is 3. The van der Waals surface area contributed by atoms with Crippen LogP contribution in [0.15, 0.2) is 12.3 Å². The summed E-state index contributed by atoms with van der Waals surface area (Å²) < 4.78 is 37.0. The van der Waals surface area contributed by atoms with Gasteiger partial charge in [0.2, 0.25) is 0 Å². The molecular formula is C10H9ClF3N3O. The molecule has 98 valence electrons. The summed E-state index contributed by atoms with van der Waals surface area (Å²) in [7, 11) is 0. The number of hydrogen-bond acceptors (Lipinski definition) is 4. The second-order valence-electron chi connectivity index (χ2n) is 3.45.